The second kappa shape index (κ2) is 7.16. The first-order valence-corrected chi connectivity index (χ1v) is 9.83. The van der Waals surface area contributed by atoms with E-state index in [1.807, 2.05) is 35.7 Å². The number of aromatic nitrogens is 7. The Morgan fingerprint density at radius 1 is 1.21 bits per heavy atom. The van der Waals surface area contributed by atoms with E-state index in [1.54, 1.807) is 17.1 Å². The zero-order chi connectivity index (χ0) is 19.8. The Kier molecular flexibility index (Phi) is 4.34. The van der Waals surface area contributed by atoms with Crippen molar-refractivity contribution in [2.45, 2.75) is 32.1 Å². The molecule has 9 heteroatoms. The fourth-order valence-electron chi connectivity index (χ4n) is 3.77. The smallest absolute Gasteiger partial charge is 0.228 e. The molecule has 1 aliphatic rings. The lowest BCUT2D eigenvalue weighted by atomic mass is 9.99. The first kappa shape index (κ1) is 17.6. The van der Waals surface area contributed by atoms with E-state index >= 15 is 0 Å². The second-order valence-electron chi connectivity index (χ2n) is 7.19. The highest BCUT2D eigenvalue weighted by molar-refractivity contribution is 5.67. The van der Waals surface area contributed by atoms with Crippen LogP contribution in [-0.2, 0) is 7.05 Å². The number of pyridine rings is 1. The summed E-state index contributed by atoms with van der Waals surface area (Å²) in [5.41, 5.74) is 2.47. The molecule has 9 nitrogen and oxygen atoms in total. The molecule has 0 aromatic carbocycles. The van der Waals surface area contributed by atoms with Crippen LogP contribution in [0.25, 0.3) is 16.9 Å². The summed E-state index contributed by atoms with van der Waals surface area (Å²) in [5, 5.41) is 16.2. The van der Waals surface area contributed by atoms with Gasteiger partial charge < -0.3 is 10.1 Å². The van der Waals surface area contributed by atoms with Crippen LogP contribution in [0.1, 0.15) is 37.9 Å². The Morgan fingerprint density at radius 3 is 2.97 bits per heavy atom. The minimum atomic E-state index is 0.371. The number of aryl methyl sites for hydroxylation is 1. The molecule has 148 valence electrons. The van der Waals surface area contributed by atoms with Crippen molar-refractivity contribution in [3.8, 4) is 17.1 Å². The first-order valence-electron chi connectivity index (χ1n) is 9.83. The highest BCUT2D eigenvalue weighted by Gasteiger charge is 2.24. The summed E-state index contributed by atoms with van der Waals surface area (Å²) in [6.45, 7) is 2.86. The molecule has 4 aromatic heterocycles. The second-order valence-corrected chi connectivity index (χ2v) is 7.19. The molecule has 29 heavy (non-hydrogen) atoms. The standard InChI is InChI=1S/C20H22N8O/c1-3-4-13-7-10-29-18-12-14(11-17-25-26-19(13)28(17)18)15-5-8-21-20(23-15)24-16-6-9-22-27(16)2/h5-6,8-9,11-13H,3-4,7,10H2,1-2H3,(H,21,23,24). The quantitative estimate of drug-likeness (QED) is 0.558. The summed E-state index contributed by atoms with van der Waals surface area (Å²) in [5.74, 6) is 3.44. The van der Waals surface area contributed by atoms with Crippen molar-refractivity contribution in [1.29, 1.82) is 0 Å². The molecule has 5 heterocycles. The molecule has 0 bridgehead atoms. The molecule has 4 aromatic rings. The van der Waals surface area contributed by atoms with Crippen LogP contribution < -0.4 is 10.1 Å². The average Bonchev–Trinajstić information content (AvgIpc) is 3.29. The molecule has 0 saturated carbocycles. The van der Waals surface area contributed by atoms with Gasteiger partial charge in [0.1, 0.15) is 11.6 Å². The zero-order valence-corrected chi connectivity index (χ0v) is 16.4. The van der Waals surface area contributed by atoms with Crippen molar-refractivity contribution in [2.75, 3.05) is 11.9 Å². The number of nitrogens with one attached hydrogen (secondary N) is 1. The lowest BCUT2D eigenvalue weighted by Crippen LogP contribution is -2.04. The van der Waals surface area contributed by atoms with Crippen LogP contribution in [0.3, 0.4) is 0 Å². The summed E-state index contributed by atoms with van der Waals surface area (Å²) >= 11 is 0. The number of rotatable bonds is 5. The molecule has 0 spiro atoms. The van der Waals surface area contributed by atoms with Crippen LogP contribution in [0.2, 0.25) is 0 Å². The van der Waals surface area contributed by atoms with Crippen molar-refractivity contribution in [3.05, 3.63) is 42.5 Å². The molecule has 0 radical (unpaired) electrons. The van der Waals surface area contributed by atoms with Gasteiger partial charge in [0.15, 0.2) is 5.65 Å². The number of anilines is 2. The van der Waals surface area contributed by atoms with E-state index in [0.717, 1.165) is 53.7 Å². The number of hydrogen-bond donors (Lipinski definition) is 1. The fraction of sp³-hybridized carbons (Fsp3) is 0.350. The highest BCUT2D eigenvalue weighted by Crippen LogP contribution is 2.33. The minimum Gasteiger partial charge on any atom is -0.478 e. The summed E-state index contributed by atoms with van der Waals surface area (Å²) in [6, 6.07) is 7.74. The van der Waals surface area contributed by atoms with Crippen LogP contribution in [-0.4, -0.2) is 41.0 Å². The van der Waals surface area contributed by atoms with Gasteiger partial charge in [0.05, 0.1) is 18.5 Å². The van der Waals surface area contributed by atoms with Crippen LogP contribution in [0, 0.1) is 0 Å². The third-order valence-electron chi connectivity index (χ3n) is 5.23. The lowest BCUT2D eigenvalue weighted by Gasteiger charge is -2.10. The molecule has 0 fully saturated rings. The monoisotopic (exact) mass is 390 g/mol. The van der Waals surface area contributed by atoms with Crippen LogP contribution >= 0.6 is 0 Å². The SMILES string of the molecule is CCCC1CCOc2cc(-c3ccnc(Nc4ccnn4C)n3)cc3nnc1n23. The molecule has 1 aliphatic heterocycles. The molecular weight excluding hydrogens is 368 g/mol. The van der Waals surface area contributed by atoms with Gasteiger partial charge in [-0.1, -0.05) is 13.3 Å². The van der Waals surface area contributed by atoms with Crippen molar-refractivity contribution in [2.24, 2.45) is 7.05 Å². The Balaban J connectivity index is 1.54. The Hall–Kier alpha value is -3.49. The molecule has 1 N–H and O–H groups in total. The molecule has 0 aliphatic carbocycles. The van der Waals surface area contributed by atoms with Gasteiger partial charge >= 0.3 is 0 Å². The number of hydrogen-bond acceptors (Lipinski definition) is 7. The van der Waals surface area contributed by atoms with E-state index in [2.05, 4.69) is 37.5 Å². The van der Waals surface area contributed by atoms with Crippen LogP contribution in [0.5, 0.6) is 5.88 Å². The van der Waals surface area contributed by atoms with Gasteiger partial charge in [-0.25, -0.2) is 14.4 Å². The van der Waals surface area contributed by atoms with Gasteiger partial charge in [0, 0.05) is 36.9 Å². The van der Waals surface area contributed by atoms with E-state index in [1.165, 1.54) is 0 Å². The van der Waals surface area contributed by atoms with Gasteiger partial charge in [0.25, 0.3) is 0 Å². The predicted molar refractivity (Wildman–Crippen MR) is 108 cm³/mol. The van der Waals surface area contributed by atoms with Crippen molar-refractivity contribution in [1.82, 2.24) is 34.3 Å². The Morgan fingerprint density at radius 2 is 2.14 bits per heavy atom. The maximum absolute atomic E-state index is 6.06. The van der Waals surface area contributed by atoms with E-state index in [4.69, 9.17) is 4.74 Å². The van der Waals surface area contributed by atoms with E-state index in [-0.39, 0.29) is 0 Å². The van der Waals surface area contributed by atoms with Crippen LogP contribution in [0.4, 0.5) is 11.8 Å². The topological polar surface area (TPSA) is 95.0 Å². The van der Waals surface area contributed by atoms with E-state index in [0.29, 0.717) is 18.5 Å². The van der Waals surface area contributed by atoms with E-state index < -0.39 is 0 Å². The molecule has 1 atom stereocenters. The third-order valence-corrected chi connectivity index (χ3v) is 5.23. The number of nitrogens with zero attached hydrogens (tertiary/aromatic N) is 7. The lowest BCUT2D eigenvalue weighted by molar-refractivity contribution is 0.294. The van der Waals surface area contributed by atoms with Gasteiger partial charge in [0.2, 0.25) is 11.8 Å². The Bertz CT molecular complexity index is 1160. The molecule has 1 unspecified atom stereocenters. The largest absolute Gasteiger partial charge is 0.478 e. The van der Waals surface area contributed by atoms with Crippen molar-refractivity contribution >= 4 is 17.4 Å². The number of ether oxygens (including phenoxy) is 1. The Labute approximate surface area is 167 Å². The zero-order valence-electron chi connectivity index (χ0n) is 16.4. The molecule has 5 rings (SSSR count). The van der Waals surface area contributed by atoms with Gasteiger partial charge in [-0.05, 0) is 25.0 Å². The molecule has 0 saturated heterocycles. The molecular formula is C20H22N8O. The summed E-state index contributed by atoms with van der Waals surface area (Å²) in [6.07, 6.45) is 6.60. The summed E-state index contributed by atoms with van der Waals surface area (Å²) in [4.78, 5) is 8.98. The first-order chi connectivity index (χ1) is 14.2. The van der Waals surface area contributed by atoms with Crippen LogP contribution in [0.15, 0.2) is 36.7 Å². The fourth-order valence-corrected chi connectivity index (χ4v) is 3.77. The maximum atomic E-state index is 6.06. The third kappa shape index (κ3) is 3.18. The molecule has 0 amide bonds. The summed E-state index contributed by atoms with van der Waals surface area (Å²) < 4.78 is 9.83. The van der Waals surface area contributed by atoms with Crippen molar-refractivity contribution in [3.63, 3.8) is 0 Å². The highest BCUT2D eigenvalue weighted by atomic mass is 16.5. The maximum Gasteiger partial charge on any atom is 0.228 e. The normalized spacial score (nSPS) is 15.9. The average molecular weight is 390 g/mol. The summed E-state index contributed by atoms with van der Waals surface area (Å²) in [7, 11) is 1.86. The van der Waals surface area contributed by atoms with Crippen molar-refractivity contribution < 1.29 is 4.74 Å². The predicted octanol–water partition coefficient (Wildman–Crippen LogP) is 3.33. The minimum absolute atomic E-state index is 0.371. The van der Waals surface area contributed by atoms with E-state index in [9.17, 15) is 0 Å². The van der Waals surface area contributed by atoms with Gasteiger partial charge in [-0.3, -0.25) is 4.68 Å². The van der Waals surface area contributed by atoms with Gasteiger partial charge in [-0.15, -0.1) is 10.2 Å². The van der Waals surface area contributed by atoms with Gasteiger partial charge in [-0.2, -0.15) is 5.10 Å².